The Balaban J connectivity index is 0.00000288. The fraction of sp³-hybridized carbons (Fsp3) is 0.800. The Labute approximate surface area is 161 Å². The van der Waals surface area contributed by atoms with Gasteiger partial charge in [0.25, 0.3) is 0 Å². The van der Waals surface area contributed by atoms with Crippen molar-refractivity contribution in [1.82, 2.24) is 25.3 Å². The fourth-order valence-electron chi connectivity index (χ4n) is 3.27. The monoisotopic (exact) mass is 452 g/mol. The molecule has 2 N–H and O–H groups in total. The number of imide groups is 1. The minimum Gasteiger partial charge on any atom is -0.354 e. The number of hydrogen-bond acceptors (Lipinski definition) is 4. The summed E-state index contributed by atoms with van der Waals surface area (Å²) in [6, 6.07) is 0.249. The average Bonchev–Trinajstić information content (AvgIpc) is 3.11. The molecule has 2 aliphatic rings. The number of guanidine groups is 1. The quantitative estimate of drug-likeness (QED) is 0.260. The van der Waals surface area contributed by atoms with Gasteiger partial charge in [0, 0.05) is 39.8 Å². The van der Waals surface area contributed by atoms with Gasteiger partial charge in [-0.2, -0.15) is 0 Å². The molecule has 138 valence electrons. The molecule has 0 aromatic carbocycles. The first-order valence-corrected chi connectivity index (χ1v) is 8.30. The van der Waals surface area contributed by atoms with Crippen LogP contribution < -0.4 is 10.6 Å². The molecule has 8 nitrogen and oxygen atoms in total. The van der Waals surface area contributed by atoms with Crippen molar-refractivity contribution in [2.45, 2.75) is 25.8 Å². The molecule has 2 rings (SSSR count). The summed E-state index contributed by atoms with van der Waals surface area (Å²) in [5.74, 6) is 0.615. The summed E-state index contributed by atoms with van der Waals surface area (Å²) in [5.41, 5.74) is 0. The van der Waals surface area contributed by atoms with E-state index in [9.17, 15) is 9.59 Å². The zero-order chi connectivity index (χ0) is 16.8. The van der Waals surface area contributed by atoms with E-state index < -0.39 is 0 Å². The van der Waals surface area contributed by atoms with Gasteiger partial charge in [0.15, 0.2) is 5.96 Å². The van der Waals surface area contributed by atoms with E-state index in [1.807, 2.05) is 7.05 Å². The number of rotatable bonds is 6. The lowest BCUT2D eigenvalue weighted by molar-refractivity contribution is -0.124. The molecule has 0 aromatic rings. The molecule has 2 saturated heterocycles. The van der Waals surface area contributed by atoms with Crippen molar-refractivity contribution in [2.24, 2.45) is 4.99 Å². The van der Waals surface area contributed by atoms with Gasteiger partial charge in [-0.1, -0.05) is 6.92 Å². The predicted octanol–water partition coefficient (Wildman–Crippen LogP) is 0.148. The summed E-state index contributed by atoms with van der Waals surface area (Å²) in [7, 11) is 3.77. The van der Waals surface area contributed by atoms with Crippen LogP contribution in [-0.2, 0) is 4.79 Å². The zero-order valence-corrected chi connectivity index (χ0v) is 17.1. The minimum absolute atomic E-state index is 0. The van der Waals surface area contributed by atoms with Gasteiger partial charge < -0.3 is 15.5 Å². The first kappa shape index (κ1) is 20.9. The van der Waals surface area contributed by atoms with Crippen molar-refractivity contribution in [3.05, 3.63) is 0 Å². The van der Waals surface area contributed by atoms with Gasteiger partial charge in [-0.15, -0.1) is 24.0 Å². The highest BCUT2D eigenvalue weighted by atomic mass is 127. The fourth-order valence-corrected chi connectivity index (χ4v) is 3.27. The summed E-state index contributed by atoms with van der Waals surface area (Å²) in [6.45, 7) is 6.33. The summed E-state index contributed by atoms with van der Waals surface area (Å²) in [5, 5.41) is 5.74. The third-order valence-corrected chi connectivity index (χ3v) is 4.52. The highest BCUT2D eigenvalue weighted by molar-refractivity contribution is 14.0. The van der Waals surface area contributed by atoms with Crippen LogP contribution in [0.4, 0.5) is 4.79 Å². The normalized spacial score (nSPS) is 21.7. The molecule has 24 heavy (non-hydrogen) atoms. The molecule has 0 radical (unpaired) electrons. The van der Waals surface area contributed by atoms with Crippen LogP contribution in [0.1, 0.15) is 19.8 Å². The van der Waals surface area contributed by atoms with Gasteiger partial charge >= 0.3 is 6.03 Å². The molecule has 2 fully saturated rings. The lowest BCUT2D eigenvalue weighted by Crippen LogP contribution is -2.47. The second kappa shape index (κ2) is 10.0. The highest BCUT2D eigenvalue weighted by Gasteiger charge is 2.28. The van der Waals surface area contributed by atoms with Gasteiger partial charge in [-0.3, -0.25) is 19.6 Å². The molecule has 2 aliphatic heterocycles. The number of nitrogens with zero attached hydrogens (tertiary/aromatic N) is 4. The number of hydrogen-bond donors (Lipinski definition) is 2. The standard InChI is InChI=1S/C15H28N6O2.HI/c1-4-20-8-5-6-12(20)11-19(3)14(16-2)17-7-9-21-13(22)10-18-15(21)23;/h12H,4-11H2,1-3H3,(H,16,17)(H,18,23);1H. The molecular formula is C15H29IN6O2. The molecule has 9 heteroatoms. The number of amides is 3. The van der Waals surface area contributed by atoms with E-state index in [0.717, 1.165) is 19.0 Å². The van der Waals surface area contributed by atoms with Crippen LogP contribution in [0, 0.1) is 0 Å². The summed E-state index contributed by atoms with van der Waals surface area (Å²) >= 11 is 0. The molecule has 1 unspecified atom stereocenters. The van der Waals surface area contributed by atoms with E-state index in [1.54, 1.807) is 7.05 Å². The first-order valence-electron chi connectivity index (χ1n) is 8.30. The number of carbonyl (C=O) groups excluding carboxylic acids is 2. The van der Waals surface area contributed by atoms with E-state index in [0.29, 0.717) is 19.1 Å². The number of likely N-dealkylation sites (N-methyl/N-ethyl adjacent to an activating group) is 2. The number of urea groups is 1. The van der Waals surface area contributed by atoms with Crippen LogP contribution in [0.3, 0.4) is 0 Å². The molecule has 0 aliphatic carbocycles. The summed E-state index contributed by atoms with van der Waals surface area (Å²) < 4.78 is 0. The summed E-state index contributed by atoms with van der Waals surface area (Å²) in [4.78, 5) is 33.2. The Kier molecular flexibility index (Phi) is 8.74. The molecule has 0 spiro atoms. The van der Waals surface area contributed by atoms with E-state index in [-0.39, 0.29) is 42.5 Å². The van der Waals surface area contributed by atoms with E-state index in [4.69, 9.17) is 0 Å². The lowest BCUT2D eigenvalue weighted by Gasteiger charge is -2.30. The number of likely N-dealkylation sites (tertiary alicyclic amines) is 1. The average molecular weight is 452 g/mol. The van der Waals surface area contributed by atoms with Crippen molar-refractivity contribution in [3.8, 4) is 0 Å². The Morgan fingerprint density at radius 2 is 2.21 bits per heavy atom. The number of halogens is 1. The van der Waals surface area contributed by atoms with Crippen LogP contribution >= 0.6 is 24.0 Å². The SMILES string of the molecule is CCN1CCCC1CN(C)C(=NC)NCCN1C(=O)CNC1=O.I. The van der Waals surface area contributed by atoms with Crippen molar-refractivity contribution in [1.29, 1.82) is 0 Å². The van der Waals surface area contributed by atoms with E-state index in [2.05, 4.69) is 32.3 Å². The van der Waals surface area contributed by atoms with Crippen molar-refractivity contribution in [3.63, 3.8) is 0 Å². The molecule has 0 saturated carbocycles. The van der Waals surface area contributed by atoms with Crippen molar-refractivity contribution in [2.75, 3.05) is 53.4 Å². The minimum atomic E-state index is -0.315. The first-order chi connectivity index (χ1) is 11.1. The molecular weight excluding hydrogens is 423 g/mol. The molecule has 2 heterocycles. The summed E-state index contributed by atoms with van der Waals surface area (Å²) in [6.07, 6.45) is 2.47. The molecule has 1 atom stereocenters. The third-order valence-electron chi connectivity index (χ3n) is 4.52. The van der Waals surface area contributed by atoms with Crippen molar-refractivity contribution >= 4 is 41.9 Å². The van der Waals surface area contributed by atoms with Gasteiger partial charge in [-0.05, 0) is 25.9 Å². The Bertz CT molecular complexity index is 457. The van der Waals surface area contributed by atoms with Crippen LogP contribution in [-0.4, -0.2) is 92.0 Å². The smallest absolute Gasteiger partial charge is 0.324 e. The van der Waals surface area contributed by atoms with Crippen LogP contribution in [0.25, 0.3) is 0 Å². The van der Waals surface area contributed by atoms with Crippen LogP contribution in [0.15, 0.2) is 4.99 Å². The zero-order valence-electron chi connectivity index (χ0n) is 14.7. The number of carbonyl (C=O) groups is 2. The van der Waals surface area contributed by atoms with Gasteiger partial charge in [0.2, 0.25) is 5.91 Å². The van der Waals surface area contributed by atoms with Crippen LogP contribution in [0.2, 0.25) is 0 Å². The second-order valence-corrected chi connectivity index (χ2v) is 5.98. The lowest BCUT2D eigenvalue weighted by atomic mass is 10.2. The highest BCUT2D eigenvalue weighted by Crippen LogP contribution is 2.17. The third kappa shape index (κ3) is 5.20. The number of aliphatic imine (C=N–C) groups is 1. The van der Waals surface area contributed by atoms with Gasteiger partial charge in [0.05, 0.1) is 6.54 Å². The Hall–Kier alpha value is -1.10. The molecule has 0 bridgehead atoms. The Morgan fingerprint density at radius 3 is 2.79 bits per heavy atom. The Morgan fingerprint density at radius 1 is 1.46 bits per heavy atom. The van der Waals surface area contributed by atoms with Crippen LogP contribution in [0.5, 0.6) is 0 Å². The maximum atomic E-state index is 11.5. The topological polar surface area (TPSA) is 80.3 Å². The van der Waals surface area contributed by atoms with E-state index >= 15 is 0 Å². The largest absolute Gasteiger partial charge is 0.354 e. The van der Waals surface area contributed by atoms with Gasteiger partial charge in [0.1, 0.15) is 0 Å². The predicted molar refractivity (Wildman–Crippen MR) is 105 cm³/mol. The maximum absolute atomic E-state index is 11.5. The second-order valence-electron chi connectivity index (χ2n) is 5.98. The van der Waals surface area contributed by atoms with Gasteiger partial charge in [-0.25, -0.2) is 4.79 Å². The van der Waals surface area contributed by atoms with E-state index in [1.165, 1.54) is 24.3 Å². The van der Waals surface area contributed by atoms with Crippen molar-refractivity contribution < 1.29 is 9.59 Å². The molecule has 3 amide bonds. The number of nitrogens with one attached hydrogen (secondary N) is 2. The maximum Gasteiger partial charge on any atom is 0.324 e. The molecule has 0 aromatic heterocycles.